The summed E-state index contributed by atoms with van der Waals surface area (Å²) in [6.45, 7) is 4.86. The normalized spacial score (nSPS) is 10.9. The molecule has 1 atom stereocenters. The molecule has 14 heavy (non-hydrogen) atoms. The van der Waals surface area contributed by atoms with Crippen molar-refractivity contribution in [3.05, 3.63) is 12.7 Å². The molecule has 0 bridgehead atoms. The summed E-state index contributed by atoms with van der Waals surface area (Å²) in [4.78, 5) is 21.7. The molecule has 5 nitrogen and oxygen atoms in total. The maximum atomic E-state index is 10.1. The van der Waals surface area contributed by atoms with E-state index in [2.05, 4.69) is 11.9 Å². The van der Waals surface area contributed by atoms with E-state index in [0.717, 1.165) is 0 Å². The molecule has 0 aliphatic carbocycles. The number of carbonyl (C=O) groups is 2. The van der Waals surface area contributed by atoms with E-state index in [1.54, 1.807) is 33.0 Å². The number of hydrogen-bond donors (Lipinski definition) is 2. The van der Waals surface area contributed by atoms with Gasteiger partial charge in [-0.05, 0) is 27.1 Å². The molecular formula is C9H18N2O3. The molecule has 0 aromatic carbocycles. The molecule has 0 aliphatic heterocycles. The van der Waals surface area contributed by atoms with Crippen LogP contribution in [-0.2, 0) is 9.59 Å². The van der Waals surface area contributed by atoms with Crippen molar-refractivity contribution in [2.45, 2.75) is 13.0 Å². The fraction of sp³-hybridized carbons (Fsp3) is 0.556. The zero-order valence-corrected chi connectivity index (χ0v) is 9.07. The van der Waals surface area contributed by atoms with Gasteiger partial charge in [-0.1, -0.05) is 6.58 Å². The zero-order chi connectivity index (χ0) is 11.7. The van der Waals surface area contributed by atoms with E-state index in [1.165, 1.54) is 6.08 Å². The van der Waals surface area contributed by atoms with Gasteiger partial charge in [0.1, 0.15) is 6.04 Å². The largest absolute Gasteiger partial charge is 0.480 e. The highest BCUT2D eigenvalue weighted by Gasteiger charge is 2.11. The molecule has 0 aromatic heterocycles. The van der Waals surface area contributed by atoms with Crippen LogP contribution in [0.1, 0.15) is 6.92 Å². The highest BCUT2D eigenvalue weighted by Crippen LogP contribution is 1.88. The van der Waals surface area contributed by atoms with E-state index in [-0.39, 0.29) is 11.9 Å². The van der Waals surface area contributed by atoms with Gasteiger partial charge in [0.15, 0.2) is 0 Å². The number of nitrogens with zero attached hydrogens (tertiary/aromatic N) is 1. The fourth-order valence-electron chi connectivity index (χ4n) is 0.323. The number of carboxylic acid groups (broad SMARTS) is 1. The molecule has 82 valence electrons. The predicted octanol–water partition coefficient (Wildman–Crippen LogP) is -0.0605. The first-order valence-electron chi connectivity index (χ1n) is 4.10. The van der Waals surface area contributed by atoms with Crippen molar-refractivity contribution < 1.29 is 14.7 Å². The van der Waals surface area contributed by atoms with Crippen LogP contribution in [-0.4, -0.2) is 49.1 Å². The van der Waals surface area contributed by atoms with E-state index in [1.807, 2.05) is 0 Å². The summed E-state index contributed by atoms with van der Waals surface area (Å²) >= 11 is 0. The summed E-state index contributed by atoms with van der Waals surface area (Å²) in [5.41, 5.74) is 0. The van der Waals surface area contributed by atoms with Crippen molar-refractivity contribution in [1.82, 2.24) is 10.2 Å². The van der Waals surface area contributed by atoms with Gasteiger partial charge in [-0.3, -0.25) is 14.5 Å². The van der Waals surface area contributed by atoms with Crippen molar-refractivity contribution in [3.63, 3.8) is 0 Å². The van der Waals surface area contributed by atoms with Crippen LogP contribution in [0.5, 0.6) is 0 Å². The molecule has 1 amide bonds. The molecule has 0 spiro atoms. The second-order valence-electron chi connectivity index (χ2n) is 2.80. The second-order valence-corrected chi connectivity index (χ2v) is 2.80. The Labute approximate surface area is 84.4 Å². The third-order valence-corrected chi connectivity index (χ3v) is 1.56. The lowest BCUT2D eigenvalue weighted by molar-refractivity contribution is -0.141. The van der Waals surface area contributed by atoms with E-state index in [0.29, 0.717) is 0 Å². The first-order valence-corrected chi connectivity index (χ1v) is 4.10. The number of rotatable bonds is 3. The topological polar surface area (TPSA) is 69.6 Å². The van der Waals surface area contributed by atoms with Gasteiger partial charge in [0.25, 0.3) is 0 Å². The van der Waals surface area contributed by atoms with Gasteiger partial charge >= 0.3 is 5.97 Å². The second kappa shape index (κ2) is 8.25. The summed E-state index contributed by atoms with van der Waals surface area (Å²) in [7, 11) is 5.03. The highest BCUT2D eigenvalue weighted by molar-refractivity contribution is 5.86. The average Bonchev–Trinajstić information content (AvgIpc) is 2.15. The zero-order valence-electron chi connectivity index (χ0n) is 9.07. The lowest BCUT2D eigenvalue weighted by Crippen LogP contribution is -2.32. The minimum absolute atomic E-state index is 0.144. The van der Waals surface area contributed by atoms with E-state index in [4.69, 9.17) is 5.11 Å². The molecule has 0 aliphatic rings. The number of carboxylic acids is 1. The SMILES string of the molecule is C=CC(=O)NC.CC(C(=O)O)N(C)C. The smallest absolute Gasteiger partial charge is 0.320 e. The number of aliphatic carboxylic acids is 1. The van der Waals surface area contributed by atoms with Crippen LogP contribution in [0.3, 0.4) is 0 Å². The molecular weight excluding hydrogens is 184 g/mol. The molecule has 0 saturated heterocycles. The number of carbonyl (C=O) groups excluding carboxylic acids is 1. The molecule has 0 fully saturated rings. The third-order valence-electron chi connectivity index (χ3n) is 1.56. The van der Waals surface area contributed by atoms with E-state index in [9.17, 15) is 9.59 Å². The summed E-state index contributed by atoms with van der Waals surface area (Å²) in [6.07, 6.45) is 1.22. The van der Waals surface area contributed by atoms with Gasteiger partial charge in [0.05, 0.1) is 0 Å². The molecule has 0 heterocycles. The Bertz CT molecular complexity index is 202. The van der Waals surface area contributed by atoms with Gasteiger partial charge in [-0.25, -0.2) is 0 Å². The number of nitrogens with one attached hydrogen (secondary N) is 1. The molecule has 0 radical (unpaired) electrons. The van der Waals surface area contributed by atoms with Crippen LogP contribution in [0.2, 0.25) is 0 Å². The predicted molar refractivity (Wildman–Crippen MR) is 55.0 cm³/mol. The average molecular weight is 202 g/mol. The third kappa shape index (κ3) is 8.73. The van der Waals surface area contributed by atoms with Crippen molar-refractivity contribution in [2.75, 3.05) is 21.1 Å². The first kappa shape index (κ1) is 15.1. The van der Waals surface area contributed by atoms with Crippen molar-refractivity contribution in [1.29, 1.82) is 0 Å². The van der Waals surface area contributed by atoms with Gasteiger partial charge in [-0.2, -0.15) is 0 Å². The van der Waals surface area contributed by atoms with Crippen LogP contribution in [0.25, 0.3) is 0 Å². The molecule has 1 unspecified atom stereocenters. The van der Waals surface area contributed by atoms with Gasteiger partial charge < -0.3 is 10.4 Å². The maximum absolute atomic E-state index is 10.1. The highest BCUT2D eigenvalue weighted by atomic mass is 16.4. The molecule has 0 rings (SSSR count). The quantitative estimate of drug-likeness (QED) is 0.629. The number of likely N-dealkylation sites (N-methyl/N-ethyl adjacent to an activating group) is 2. The van der Waals surface area contributed by atoms with Crippen LogP contribution < -0.4 is 5.32 Å². The molecule has 5 heteroatoms. The van der Waals surface area contributed by atoms with E-state index < -0.39 is 5.97 Å². The van der Waals surface area contributed by atoms with Crippen LogP contribution in [0.15, 0.2) is 12.7 Å². The van der Waals surface area contributed by atoms with Crippen molar-refractivity contribution >= 4 is 11.9 Å². The Balaban J connectivity index is 0. The summed E-state index contributed by atoms with van der Waals surface area (Å²) in [6, 6.07) is -0.380. The van der Waals surface area contributed by atoms with Gasteiger partial charge in [-0.15, -0.1) is 0 Å². The lowest BCUT2D eigenvalue weighted by Gasteiger charge is -2.13. The minimum atomic E-state index is -0.782. The summed E-state index contributed by atoms with van der Waals surface area (Å²) in [5.74, 6) is -0.926. The van der Waals surface area contributed by atoms with Crippen molar-refractivity contribution in [2.24, 2.45) is 0 Å². The Kier molecular flexibility index (Phi) is 8.91. The molecule has 0 saturated carbocycles. The van der Waals surface area contributed by atoms with Gasteiger partial charge in [0.2, 0.25) is 5.91 Å². The van der Waals surface area contributed by atoms with Crippen LogP contribution in [0.4, 0.5) is 0 Å². The summed E-state index contributed by atoms with van der Waals surface area (Å²) in [5, 5.41) is 10.7. The monoisotopic (exact) mass is 202 g/mol. The number of amides is 1. The minimum Gasteiger partial charge on any atom is -0.480 e. The molecule has 2 N–H and O–H groups in total. The van der Waals surface area contributed by atoms with Gasteiger partial charge in [0, 0.05) is 7.05 Å². The fourth-order valence-corrected chi connectivity index (χ4v) is 0.323. The number of hydrogen-bond acceptors (Lipinski definition) is 3. The Morgan fingerprint density at radius 2 is 1.93 bits per heavy atom. The van der Waals surface area contributed by atoms with Crippen LogP contribution >= 0.6 is 0 Å². The molecule has 0 aromatic rings. The maximum Gasteiger partial charge on any atom is 0.320 e. The van der Waals surface area contributed by atoms with Crippen molar-refractivity contribution in [3.8, 4) is 0 Å². The van der Waals surface area contributed by atoms with E-state index >= 15 is 0 Å². The summed E-state index contributed by atoms with van der Waals surface area (Å²) < 4.78 is 0. The Morgan fingerprint density at radius 3 is 1.93 bits per heavy atom. The Hall–Kier alpha value is -1.36. The van der Waals surface area contributed by atoms with Crippen LogP contribution in [0, 0.1) is 0 Å². The lowest BCUT2D eigenvalue weighted by atomic mass is 10.3. The standard InChI is InChI=1S/C5H11NO2.C4H7NO/c1-4(5(7)8)6(2)3;1-3-4(6)5-2/h4H,1-3H3,(H,7,8);3H,1H2,2H3,(H,5,6). The first-order chi connectivity index (χ1) is 6.36. The Morgan fingerprint density at radius 1 is 1.50 bits per heavy atom.